The maximum absolute atomic E-state index is 12.9. The Labute approximate surface area is 131 Å². The molecule has 2 aliphatic heterocycles. The van der Waals surface area contributed by atoms with Gasteiger partial charge in [-0.15, -0.1) is 12.4 Å². The number of nitrogens with zero attached hydrogens (tertiary/aromatic N) is 1. The van der Waals surface area contributed by atoms with E-state index in [0.717, 1.165) is 19.3 Å². The molecule has 0 aromatic heterocycles. The van der Waals surface area contributed by atoms with E-state index < -0.39 is 10.0 Å². The maximum Gasteiger partial charge on any atom is 0.218 e. The molecule has 0 aliphatic carbocycles. The number of sulfonamides is 1. The fraction of sp³-hybridized carbons (Fsp3) is 0.571. The minimum atomic E-state index is -3.32. The van der Waals surface area contributed by atoms with Crippen LogP contribution in [0.15, 0.2) is 24.3 Å². The first-order valence-electron chi connectivity index (χ1n) is 7.01. The first-order chi connectivity index (χ1) is 9.53. The molecule has 7 heteroatoms. The normalized spacial score (nSPS) is 26.1. The van der Waals surface area contributed by atoms with Crippen molar-refractivity contribution in [2.24, 2.45) is 0 Å². The van der Waals surface area contributed by atoms with E-state index in [-0.39, 0.29) is 30.0 Å². The molecule has 21 heavy (non-hydrogen) atoms. The van der Waals surface area contributed by atoms with E-state index in [4.69, 9.17) is 0 Å². The fourth-order valence-corrected chi connectivity index (χ4v) is 4.63. The Morgan fingerprint density at radius 1 is 1.14 bits per heavy atom. The Balaban J connectivity index is 0.00000161. The van der Waals surface area contributed by atoms with Crippen LogP contribution in [0.3, 0.4) is 0 Å². The first-order valence-corrected chi connectivity index (χ1v) is 8.62. The molecule has 0 spiro atoms. The minimum Gasteiger partial charge on any atom is -0.310 e. The average Bonchev–Trinajstić information content (AvgIpc) is 2.71. The van der Waals surface area contributed by atoms with Crippen molar-refractivity contribution in [3.8, 4) is 0 Å². The molecule has 118 valence electrons. The molecule has 1 N–H and O–H groups in total. The Bertz CT molecular complexity index is 579. The summed E-state index contributed by atoms with van der Waals surface area (Å²) >= 11 is 0. The first kappa shape index (κ1) is 16.7. The lowest BCUT2D eigenvalue weighted by atomic mass is 10.1. The third-order valence-corrected chi connectivity index (χ3v) is 5.96. The van der Waals surface area contributed by atoms with Crippen molar-refractivity contribution in [2.45, 2.75) is 37.1 Å². The van der Waals surface area contributed by atoms with E-state index in [0.29, 0.717) is 24.7 Å². The molecule has 4 nitrogen and oxygen atoms in total. The summed E-state index contributed by atoms with van der Waals surface area (Å²) in [5.74, 6) is -0.396. The van der Waals surface area contributed by atoms with E-state index in [1.54, 1.807) is 4.31 Å². The van der Waals surface area contributed by atoms with Crippen LogP contribution in [0.25, 0.3) is 0 Å². The van der Waals surface area contributed by atoms with Crippen molar-refractivity contribution in [2.75, 3.05) is 13.1 Å². The number of hydrogen-bond donors (Lipinski definition) is 1. The summed E-state index contributed by atoms with van der Waals surface area (Å²) in [6, 6.07) is 6.43. The van der Waals surface area contributed by atoms with Gasteiger partial charge in [-0.2, -0.15) is 0 Å². The number of nitrogens with one attached hydrogen (secondary N) is 1. The third-order valence-electron chi connectivity index (χ3n) is 4.14. The Morgan fingerprint density at radius 3 is 2.52 bits per heavy atom. The molecule has 2 fully saturated rings. The second-order valence-corrected chi connectivity index (χ2v) is 7.64. The molecular formula is C14H20ClFN2O2S. The van der Waals surface area contributed by atoms with Crippen LogP contribution in [0, 0.1) is 5.82 Å². The van der Waals surface area contributed by atoms with Gasteiger partial charge in [0, 0.05) is 25.2 Å². The van der Waals surface area contributed by atoms with E-state index in [1.165, 1.54) is 24.3 Å². The summed E-state index contributed by atoms with van der Waals surface area (Å²) in [5, 5.41) is 3.47. The second-order valence-electron chi connectivity index (χ2n) is 5.67. The highest BCUT2D eigenvalue weighted by molar-refractivity contribution is 7.88. The number of benzene rings is 1. The van der Waals surface area contributed by atoms with Crippen LogP contribution >= 0.6 is 12.4 Å². The summed E-state index contributed by atoms with van der Waals surface area (Å²) in [4.78, 5) is 0. The van der Waals surface area contributed by atoms with Crippen LogP contribution in [-0.4, -0.2) is 37.9 Å². The molecule has 1 aromatic rings. The average molecular weight is 335 g/mol. The molecule has 2 unspecified atom stereocenters. The molecule has 1 aromatic carbocycles. The van der Waals surface area contributed by atoms with Gasteiger partial charge in [-0.1, -0.05) is 12.1 Å². The van der Waals surface area contributed by atoms with Gasteiger partial charge in [-0.3, -0.25) is 0 Å². The Morgan fingerprint density at radius 2 is 1.81 bits per heavy atom. The minimum absolute atomic E-state index is 0. The van der Waals surface area contributed by atoms with E-state index in [1.807, 2.05) is 0 Å². The smallest absolute Gasteiger partial charge is 0.218 e. The van der Waals surface area contributed by atoms with Crippen molar-refractivity contribution >= 4 is 22.4 Å². The second kappa shape index (κ2) is 6.60. The van der Waals surface area contributed by atoms with Gasteiger partial charge in [0.25, 0.3) is 0 Å². The highest BCUT2D eigenvalue weighted by Gasteiger charge is 2.34. The lowest BCUT2D eigenvalue weighted by molar-refractivity contribution is 0.383. The molecule has 0 saturated carbocycles. The molecule has 3 rings (SSSR count). The molecular weight excluding hydrogens is 315 g/mol. The fourth-order valence-electron chi connectivity index (χ4n) is 3.05. The highest BCUT2D eigenvalue weighted by atomic mass is 35.5. The predicted molar refractivity (Wildman–Crippen MR) is 82.4 cm³/mol. The number of fused-ring (bicyclic) bond motifs is 2. The lowest BCUT2D eigenvalue weighted by Crippen LogP contribution is -2.39. The van der Waals surface area contributed by atoms with Crippen LogP contribution in [0.4, 0.5) is 4.39 Å². The summed E-state index contributed by atoms with van der Waals surface area (Å²) in [6.45, 7) is 1.14. The quantitative estimate of drug-likeness (QED) is 0.918. The topological polar surface area (TPSA) is 49.4 Å². The number of hydrogen-bond acceptors (Lipinski definition) is 3. The van der Waals surface area contributed by atoms with Crippen LogP contribution in [-0.2, 0) is 15.8 Å². The van der Waals surface area contributed by atoms with Crippen molar-refractivity contribution in [3.05, 3.63) is 35.6 Å². The molecule has 2 aliphatic rings. The largest absolute Gasteiger partial charge is 0.310 e. The number of halogens is 2. The van der Waals surface area contributed by atoms with Crippen LogP contribution < -0.4 is 5.32 Å². The van der Waals surface area contributed by atoms with E-state index in [9.17, 15) is 12.8 Å². The maximum atomic E-state index is 12.9. The molecule has 0 radical (unpaired) electrons. The van der Waals surface area contributed by atoms with Crippen molar-refractivity contribution in [1.82, 2.24) is 9.62 Å². The monoisotopic (exact) mass is 334 g/mol. The van der Waals surface area contributed by atoms with Gasteiger partial charge >= 0.3 is 0 Å². The van der Waals surface area contributed by atoms with Gasteiger partial charge in [0.15, 0.2) is 0 Å². The summed E-state index contributed by atoms with van der Waals surface area (Å²) in [5.41, 5.74) is 0.633. The standard InChI is InChI=1S/C14H19FN2O2S.ClH/c15-12-3-1-11(2-4-12)10-20(18,19)17-8-7-13-5-6-14(9-17)16-13;/h1-4,13-14,16H,5-10H2;1H. The zero-order valence-corrected chi connectivity index (χ0v) is 13.3. The molecule has 2 saturated heterocycles. The lowest BCUT2D eigenvalue weighted by Gasteiger charge is -2.23. The van der Waals surface area contributed by atoms with Gasteiger partial charge < -0.3 is 5.32 Å². The number of rotatable bonds is 3. The predicted octanol–water partition coefficient (Wildman–Crippen LogP) is 1.90. The van der Waals surface area contributed by atoms with Crippen LogP contribution in [0.2, 0.25) is 0 Å². The Kier molecular flexibility index (Phi) is 5.24. The molecule has 2 atom stereocenters. The molecule has 2 heterocycles. The Hall–Kier alpha value is -0.690. The van der Waals surface area contributed by atoms with Crippen molar-refractivity contribution < 1.29 is 12.8 Å². The summed E-state index contributed by atoms with van der Waals surface area (Å²) in [7, 11) is -3.32. The van der Waals surface area contributed by atoms with Crippen LogP contribution in [0.1, 0.15) is 24.8 Å². The van der Waals surface area contributed by atoms with Crippen molar-refractivity contribution in [1.29, 1.82) is 0 Å². The summed E-state index contributed by atoms with van der Waals surface area (Å²) in [6.07, 6.45) is 3.07. The van der Waals surface area contributed by atoms with Crippen molar-refractivity contribution in [3.63, 3.8) is 0 Å². The zero-order valence-electron chi connectivity index (χ0n) is 11.7. The van der Waals surface area contributed by atoms with E-state index in [2.05, 4.69) is 5.32 Å². The van der Waals surface area contributed by atoms with Crippen LogP contribution in [0.5, 0.6) is 0 Å². The van der Waals surface area contributed by atoms with Gasteiger partial charge in [0.2, 0.25) is 10.0 Å². The molecule has 0 amide bonds. The van der Waals surface area contributed by atoms with Gasteiger partial charge in [0.1, 0.15) is 5.82 Å². The highest BCUT2D eigenvalue weighted by Crippen LogP contribution is 2.23. The van der Waals surface area contributed by atoms with Gasteiger partial charge in [-0.05, 0) is 37.0 Å². The SMILES string of the molecule is Cl.O=S(=O)(Cc1ccc(F)cc1)N1CCC2CCC(C1)N2. The van der Waals surface area contributed by atoms with Gasteiger partial charge in [0.05, 0.1) is 5.75 Å². The summed E-state index contributed by atoms with van der Waals surface area (Å²) < 4.78 is 39.4. The third kappa shape index (κ3) is 3.94. The van der Waals surface area contributed by atoms with Gasteiger partial charge in [-0.25, -0.2) is 17.1 Å². The zero-order chi connectivity index (χ0) is 14.2. The van der Waals surface area contributed by atoms with E-state index >= 15 is 0 Å². The molecule has 2 bridgehead atoms.